The third-order valence-electron chi connectivity index (χ3n) is 2.74. The van der Waals surface area contributed by atoms with Crippen LogP contribution in [0.2, 0.25) is 0 Å². The van der Waals surface area contributed by atoms with Gasteiger partial charge in [-0.3, -0.25) is 0 Å². The molecule has 0 saturated heterocycles. The molecule has 3 N–H and O–H groups in total. The molecule has 1 aliphatic rings. The highest BCUT2D eigenvalue weighted by Crippen LogP contribution is 2.28. The Labute approximate surface area is 83.9 Å². The van der Waals surface area contributed by atoms with Crippen LogP contribution in [0, 0.1) is 6.92 Å². The first kappa shape index (κ1) is 9.40. The first-order chi connectivity index (χ1) is 6.68. The molecule has 0 aliphatic heterocycles. The van der Waals surface area contributed by atoms with Crippen molar-refractivity contribution in [2.45, 2.75) is 31.7 Å². The van der Waals surface area contributed by atoms with Gasteiger partial charge in [-0.1, -0.05) is 0 Å². The Hall–Kier alpha value is -1.16. The van der Waals surface area contributed by atoms with E-state index in [0.29, 0.717) is 5.95 Å². The standard InChI is InChI=1S/C10H16N4/c1-8-3-6-12-9(14-8)13-7-10(11)4-2-5-10/h3,6H,2,4-5,7,11H2,1H3,(H,12,13,14). The van der Waals surface area contributed by atoms with E-state index in [4.69, 9.17) is 5.73 Å². The highest BCUT2D eigenvalue weighted by atomic mass is 15.1. The van der Waals surface area contributed by atoms with Crippen molar-refractivity contribution in [3.63, 3.8) is 0 Å². The van der Waals surface area contributed by atoms with Crippen LogP contribution in [-0.4, -0.2) is 22.1 Å². The zero-order valence-corrected chi connectivity index (χ0v) is 8.45. The number of anilines is 1. The first-order valence-electron chi connectivity index (χ1n) is 5.00. The minimum atomic E-state index is -0.0207. The molecular formula is C10H16N4. The molecule has 0 aromatic carbocycles. The first-order valence-corrected chi connectivity index (χ1v) is 5.00. The second-order valence-electron chi connectivity index (χ2n) is 4.09. The predicted molar refractivity (Wildman–Crippen MR) is 56.0 cm³/mol. The molecule has 2 rings (SSSR count). The number of nitrogens with one attached hydrogen (secondary N) is 1. The molecule has 76 valence electrons. The van der Waals surface area contributed by atoms with Gasteiger partial charge in [-0.15, -0.1) is 0 Å². The third kappa shape index (κ3) is 2.01. The topological polar surface area (TPSA) is 63.8 Å². The SMILES string of the molecule is Cc1ccnc(NCC2(N)CCC2)n1. The average Bonchev–Trinajstić information content (AvgIpc) is 2.12. The highest BCUT2D eigenvalue weighted by molar-refractivity contribution is 5.26. The Bertz CT molecular complexity index is 320. The van der Waals surface area contributed by atoms with Crippen molar-refractivity contribution in [3.8, 4) is 0 Å². The van der Waals surface area contributed by atoms with Crippen LogP contribution in [0.4, 0.5) is 5.95 Å². The number of aryl methyl sites for hydroxylation is 1. The molecule has 14 heavy (non-hydrogen) atoms. The van der Waals surface area contributed by atoms with Gasteiger partial charge in [0.25, 0.3) is 0 Å². The van der Waals surface area contributed by atoms with Gasteiger partial charge in [0.1, 0.15) is 0 Å². The van der Waals surface area contributed by atoms with Gasteiger partial charge in [0.05, 0.1) is 0 Å². The van der Waals surface area contributed by atoms with Crippen molar-refractivity contribution >= 4 is 5.95 Å². The van der Waals surface area contributed by atoms with Crippen molar-refractivity contribution in [3.05, 3.63) is 18.0 Å². The molecule has 1 heterocycles. The van der Waals surface area contributed by atoms with E-state index in [0.717, 1.165) is 25.1 Å². The fourth-order valence-corrected chi connectivity index (χ4v) is 1.60. The van der Waals surface area contributed by atoms with Crippen molar-refractivity contribution < 1.29 is 0 Å². The molecule has 4 nitrogen and oxygen atoms in total. The van der Waals surface area contributed by atoms with E-state index in [1.807, 2.05) is 13.0 Å². The summed E-state index contributed by atoms with van der Waals surface area (Å²) in [6, 6.07) is 1.88. The maximum atomic E-state index is 6.07. The maximum Gasteiger partial charge on any atom is 0.222 e. The summed E-state index contributed by atoms with van der Waals surface area (Å²) in [6.45, 7) is 2.73. The van der Waals surface area contributed by atoms with Gasteiger partial charge in [-0.05, 0) is 32.3 Å². The largest absolute Gasteiger partial charge is 0.352 e. The van der Waals surface area contributed by atoms with Crippen LogP contribution in [-0.2, 0) is 0 Å². The maximum absolute atomic E-state index is 6.07. The fourth-order valence-electron chi connectivity index (χ4n) is 1.60. The quantitative estimate of drug-likeness (QED) is 0.752. The third-order valence-corrected chi connectivity index (χ3v) is 2.74. The highest BCUT2D eigenvalue weighted by Gasteiger charge is 2.32. The minimum Gasteiger partial charge on any atom is -0.352 e. The summed E-state index contributed by atoms with van der Waals surface area (Å²) in [5, 5.41) is 3.18. The number of nitrogens with two attached hydrogens (primary N) is 1. The van der Waals surface area contributed by atoms with Crippen molar-refractivity contribution in [1.29, 1.82) is 0 Å². The lowest BCUT2D eigenvalue weighted by Crippen LogP contribution is -2.52. The van der Waals surface area contributed by atoms with Gasteiger partial charge >= 0.3 is 0 Å². The smallest absolute Gasteiger partial charge is 0.222 e. The van der Waals surface area contributed by atoms with Gasteiger partial charge in [0.2, 0.25) is 5.95 Å². The van der Waals surface area contributed by atoms with E-state index < -0.39 is 0 Å². The Kier molecular flexibility index (Phi) is 2.37. The van der Waals surface area contributed by atoms with E-state index >= 15 is 0 Å². The fraction of sp³-hybridized carbons (Fsp3) is 0.600. The molecule has 0 unspecified atom stereocenters. The molecule has 0 bridgehead atoms. The Morgan fingerprint density at radius 3 is 2.93 bits per heavy atom. The van der Waals surface area contributed by atoms with Gasteiger partial charge in [0.15, 0.2) is 0 Å². The molecule has 1 saturated carbocycles. The number of hydrogen-bond acceptors (Lipinski definition) is 4. The van der Waals surface area contributed by atoms with Crippen LogP contribution in [0.15, 0.2) is 12.3 Å². The zero-order valence-electron chi connectivity index (χ0n) is 8.45. The van der Waals surface area contributed by atoms with Gasteiger partial charge in [0, 0.05) is 24.0 Å². The molecule has 1 aliphatic carbocycles. The number of aromatic nitrogens is 2. The number of nitrogens with zero attached hydrogens (tertiary/aromatic N) is 2. The zero-order chi connectivity index (χ0) is 10.0. The molecule has 1 aromatic heterocycles. The van der Waals surface area contributed by atoms with Crippen molar-refractivity contribution in [1.82, 2.24) is 9.97 Å². The number of rotatable bonds is 3. The van der Waals surface area contributed by atoms with E-state index in [-0.39, 0.29) is 5.54 Å². The van der Waals surface area contributed by atoms with Crippen LogP contribution in [0.3, 0.4) is 0 Å². The lowest BCUT2D eigenvalue weighted by atomic mass is 9.78. The molecular weight excluding hydrogens is 176 g/mol. The summed E-state index contributed by atoms with van der Waals surface area (Å²) in [6.07, 6.45) is 5.21. The molecule has 0 spiro atoms. The van der Waals surface area contributed by atoms with Crippen molar-refractivity contribution in [2.75, 3.05) is 11.9 Å². The summed E-state index contributed by atoms with van der Waals surface area (Å²) in [7, 11) is 0. The summed E-state index contributed by atoms with van der Waals surface area (Å²) in [4.78, 5) is 8.38. The van der Waals surface area contributed by atoms with E-state index in [9.17, 15) is 0 Å². The van der Waals surface area contributed by atoms with E-state index in [1.165, 1.54) is 6.42 Å². The monoisotopic (exact) mass is 192 g/mol. The lowest BCUT2D eigenvalue weighted by molar-refractivity contribution is 0.265. The van der Waals surface area contributed by atoms with Crippen LogP contribution in [0.5, 0.6) is 0 Å². The Balaban J connectivity index is 1.91. The second-order valence-corrected chi connectivity index (χ2v) is 4.09. The van der Waals surface area contributed by atoms with Gasteiger partial charge in [-0.2, -0.15) is 0 Å². The Morgan fingerprint density at radius 1 is 1.57 bits per heavy atom. The normalized spacial score (nSPS) is 18.7. The van der Waals surface area contributed by atoms with Crippen LogP contribution in [0.25, 0.3) is 0 Å². The summed E-state index contributed by atoms with van der Waals surface area (Å²) < 4.78 is 0. The average molecular weight is 192 g/mol. The van der Waals surface area contributed by atoms with Crippen LogP contribution in [0.1, 0.15) is 25.0 Å². The van der Waals surface area contributed by atoms with Crippen molar-refractivity contribution in [2.24, 2.45) is 5.73 Å². The van der Waals surface area contributed by atoms with Crippen LogP contribution < -0.4 is 11.1 Å². The van der Waals surface area contributed by atoms with Gasteiger partial charge < -0.3 is 11.1 Å². The molecule has 4 heteroatoms. The van der Waals surface area contributed by atoms with E-state index in [2.05, 4.69) is 15.3 Å². The molecule has 1 aromatic rings. The second kappa shape index (κ2) is 3.53. The lowest BCUT2D eigenvalue weighted by Gasteiger charge is -2.38. The molecule has 1 fully saturated rings. The Morgan fingerprint density at radius 2 is 2.36 bits per heavy atom. The molecule has 0 atom stereocenters. The van der Waals surface area contributed by atoms with E-state index in [1.54, 1.807) is 6.20 Å². The van der Waals surface area contributed by atoms with Gasteiger partial charge in [-0.25, -0.2) is 9.97 Å². The minimum absolute atomic E-state index is 0.0207. The van der Waals surface area contributed by atoms with Crippen LogP contribution >= 0.6 is 0 Å². The summed E-state index contributed by atoms with van der Waals surface area (Å²) in [5.41, 5.74) is 7.02. The molecule has 0 amide bonds. The number of hydrogen-bond donors (Lipinski definition) is 2. The molecule has 0 radical (unpaired) electrons. The summed E-state index contributed by atoms with van der Waals surface area (Å²) in [5.74, 6) is 0.682. The predicted octanol–water partition coefficient (Wildman–Crippen LogP) is 1.08. The summed E-state index contributed by atoms with van der Waals surface area (Å²) >= 11 is 0.